The Balaban J connectivity index is 2.43. The van der Waals surface area contributed by atoms with Crippen LogP contribution in [0.2, 0.25) is 5.02 Å². The van der Waals surface area contributed by atoms with Crippen LogP contribution >= 0.6 is 11.6 Å². The molecule has 1 atom stereocenters. The Bertz CT molecular complexity index is 378. The smallest absolute Gasteiger partial charge is 0.127 e. The van der Waals surface area contributed by atoms with Crippen molar-refractivity contribution < 1.29 is 4.74 Å². The average Bonchev–Trinajstić information content (AvgIpc) is 2.42. The quantitative estimate of drug-likeness (QED) is 0.853. The Kier molecular flexibility index (Phi) is 3.72. The molecule has 1 aliphatic heterocycles. The van der Waals surface area contributed by atoms with Crippen LogP contribution in [0.15, 0.2) is 12.1 Å². The lowest BCUT2D eigenvalue weighted by molar-refractivity contribution is 0.313. The van der Waals surface area contributed by atoms with Gasteiger partial charge in [-0.2, -0.15) is 0 Å². The van der Waals surface area contributed by atoms with E-state index in [1.807, 2.05) is 12.1 Å². The zero-order valence-corrected chi connectivity index (χ0v) is 10.6. The molecule has 0 saturated carbocycles. The normalized spacial score (nSPS) is 19.8. The van der Waals surface area contributed by atoms with Gasteiger partial charge in [0.15, 0.2) is 0 Å². The lowest BCUT2D eigenvalue weighted by atomic mass is 10.00. The minimum absolute atomic E-state index is 0.375. The van der Waals surface area contributed by atoms with E-state index in [9.17, 15) is 0 Å². The molecule has 1 aromatic rings. The first-order chi connectivity index (χ1) is 7.72. The highest BCUT2D eigenvalue weighted by Gasteiger charge is 2.20. The summed E-state index contributed by atoms with van der Waals surface area (Å²) in [6, 6.07) is 4.37. The van der Waals surface area contributed by atoms with Crippen molar-refractivity contribution in [3.05, 3.63) is 28.3 Å². The van der Waals surface area contributed by atoms with Crippen LogP contribution in [-0.2, 0) is 0 Å². The molecule has 88 valence electrons. The van der Waals surface area contributed by atoms with E-state index >= 15 is 0 Å². The molecule has 1 N–H and O–H groups in total. The summed E-state index contributed by atoms with van der Waals surface area (Å²) >= 11 is 6.12. The van der Waals surface area contributed by atoms with Gasteiger partial charge in [-0.25, -0.2) is 0 Å². The van der Waals surface area contributed by atoms with Gasteiger partial charge in [-0.05, 0) is 44.0 Å². The first-order valence-electron chi connectivity index (χ1n) is 5.88. The predicted molar refractivity (Wildman–Crippen MR) is 67.3 cm³/mol. The van der Waals surface area contributed by atoms with Crippen LogP contribution in [-0.4, -0.2) is 13.2 Å². The fourth-order valence-electron chi connectivity index (χ4n) is 2.29. The lowest BCUT2D eigenvalue weighted by Gasteiger charge is -2.19. The number of fused-ring (bicyclic) bond motifs is 1. The summed E-state index contributed by atoms with van der Waals surface area (Å²) in [7, 11) is 0. The second kappa shape index (κ2) is 5.07. The molecule has 0 amide bonds. The summed E-state index contributed by atoms with van der Waals surface area (Å²) < 4.78 is 5.81. The maximum Gasteiger partial charge on any atom is 0.127 e. The van der Waals surface area contributed by atoms with Crippen molar-refractivity contribution in [3.63, 3.8) is 0 Å². The van der Waals surface area contributed by atoms with Gasteiger partial charge >= 0.3 is 0 Å². The maximum absolute atomic E-state index is 6.12. The molecule has 16 heavy (non-hydrogen) atoms. The van der Waals surface area contributed by atoms with Crippen LogP contribution in [0.4, 0.5) is 0 Å². The fourth-order valence-corrected chi connectivity index (χ4v) is 2.57. The van der Waals surface area contributed by atoms with Crippen molar-refractivity contribution in [2.75, 3.05) is 13.2 Å². The Morgan fingerprint density at radius 2 is 2.31 bits per heavy atom. The molecule has 2 rings (SSSR count). The van der Waals surface area contributed by atoms with E-state index < -0.39 is 0 Å². The SMILES string of the molecule is CCNC1CCCOc2c(C)cc(Cl)cc21. The molecule has 1 unspecified atom stereocenters. The summed E-state index contributed by atoms with van der Waals surface area (Å²) in [4.78, 5) is 0. The average molecular weight is 240 g/mol. The van der Waals surface area contributed by atoms with E-state index in [-0.39, 0.29) is 0 Å². The van der Waals surface area contributed by atoms with E-state index in [4.69, 9.17) is 16.3 Å². The summed E-state index contributed by atoms with van der Waals surface area (Å²) in [5.74, 6) is 1.02. The molecule has 0 spiro atoms. The third-order valence-electron chi connectivity index (χ3n) is 2.98. The minimum Gasteiger partial charge on any atom is -0.493 e. The van der Waals surface area contributed by atoms with Gasteiger partial charge in [-0.1, -0.05) is 18.5 Å². The molecule has 1 heterocycles. The standard InChI is InChI=1S/C13H18ClNO/c1-3-15-12-5-4-6-16-13-9(2)7-10(14)8-11(12)13/h7-8,12,15H,3-6H2,1-2H3. The Morgan fingerprint density at radius 1 is 1.50 bits per heavy atom. The summed E-state index contributed by atoms with van der Waals surface area (Å²) in [5.41, 5.74) is 2.34. The van der Waals surface area contributed by atoms with Crippen LogP contribution in [0.5, 0.6) is 5.75 Å². The minimum atomic E-state index is 0.375. The number of ether oxygens (including phenoxy) is 1. The largest absolute Gasteiger partial charge is 0.493 e. The van der Waals surface area contributed by atoms with Gasteiger partial charge in [-0.3, -0.25) is 0 Å². The second-order valence-electron chi connectivity index (χ2n) is 4.24. The van der Waals surface area contributed by atoms with Gasteiger partial charge in [0.25, 0.3) is 0 Å². The summed E-state index contributed by atoms with van der Waals surface area (Å²) in [5, 5.41) is 4.29. The van der Waals surface area contributed by atoms with Crippen molar-refractivity contribution in [2.45, 2.75) is 32.7 Å². The first kappa shape index (κ1) is 11.7. The van der Waals surface area contributed by atoms with Crippen LogP contribution in [0.25, 0.3) is 0 Å². The van der Waals surface area contributed by atoms with E-state index in [0.29, 0.717) is 6.04 Å². The van der Waals surface area contributed by atoms with Crippen molar-refractivity contribution in [3.8, 4) is 5.75 Å². The van der Waals surface area contributed by atoms with Crippen LogP contribution < -0.4 is 10.1 Å². The van der Waals surface area contributed by atoms with E-state index in [1.165, 1.54) is 5.56 Å². The number of benzene rings is 1. The highest BCUT2D eigenvalue weighted by Crippen LogP contribution is 2.36. The van der Waals surface area contributed by atoms with E-state index in [1.54, 1.807) is 0 Å². The van der Waals surface area contributed by atoms with Gasteiger partial charge in [-0.15, -0.1) is 0 Å². The number of aryl methyl sites for hydroxylation is 1. The van der Waals surface area contributed by atoms with Gasteiger partial charge in [0, 0.05) is 16.6 Å². The number of rotatable bonds is 2. The molecular formula is C13H18ClNO. The Hall–Kier alpha value is -0.730. The highest BCUT2D eigenvalue weighted by atomic mass is 35.5. The van der Waals surface area contributed by atoms with E-state index in [2.05, 4.69) is 19.2 Å². The molecule has 0 saturated heterocycles. The zero-order valence-electron chi connectivity index (χ0n) is 9.85. The summed E-state index contributed by atoms with van der Waals surface area (Å²) in [6.07, 6.45) is 2.20. The van der Waals surface area contributed by atoms with E-state index in [0.717, 1.165) is 42.3 Å². The van der Waals surface area contributed by atoms with Gasteiger partial charge in [0.05, 0.1) is 6.61 Å². The maximum atomic E-state index is 6.12. The monoisotopic (exact) mass is 239 g/mol. The summed E-state index contributed by atoms with van der Waals surface area (Å²) in [6.45, 7) is 5.95. The molecule has 0 radical (unpaired) electrons. The van der Waals surface area contributed by atoms with Gasteiger partial charge < -0.3 is 10.1 Å². The topological polar surface area (TPSA) is 21.3 Å². The number of hydrogen-bond donors (Lipinski definition) is 1. The molecule has 0 fully saturated rings. The molecule has 1 aromatic carbocycles. The van der Waals surface area contributed by atoms with Gasteiger partial charge in [0.2, 0.25) is 0 Å². The Morgan fingerprint density at radius 3 is 3.06 bits per heavy atom. The van der Waals surface area contributed by atoms with Crippen LogP contribution in [0, 0.1) is 6.92 Å². The van der Waals surface area contributed by atoms with Crippen molar-refractivity contribution in [1.82, 2.24) is 5.32 Å². The lowest BCUT2D eigenvalue weighted by Crippen LogP contribution is -2.20. The molecule has 0 bridgehead atoms. The molecular weight excluding hydrogens is 222 g/mol. The number of nitrogens with one attached hydrogen (secondary N) is 1. The van der Waals surface area contributed by atoms with Crippen LogP contribution in [0.3, 0.4) is 0 Å². The molecule has 3 heteroatoms. The third-order valence-corrected chi connectivity index (χ3v) is 3.20. The predicted octanol–water partition coefficient (Wildman–Crippen LogP) is 3.47. The Labute approximate surface area is 102 Å². The van der Waals surface area contributed by atoms with Gasteiger partial charge in [0.1, 0.15) is 5.75 Å². The molecule has 2 nitrogen and oxygen atoms in total. The highest BCUT2D eigenvalue weighted by molar-refractivity contribution is 6.30. The number of halogens is 1. The number of hydrogen-bond acceptors (Lipinski definition) is 2. The molecule has 0 aliphatic carbocycles. The fraction of sp³-hybridized carbons (Fsp3) is 0.538. The molecule has 0 aromatic heterocycles. The third kappa shape index (κ3) is 2.33. The van der Waals surface area contributed by atoms with Crippen molar-refractivity contribution >= 4 is 11.6 Å². The zero-order chi connectivity index (χ0) is 11.5. The first-order valence-corrected chi connectivity index (χ1v) is 6.26. The molecule has 1 aliphatic rings. The van der Waals surface area contributed by atoms with Crippen LogP contribution in [0.1, 0.15) is 36.9 Å². The van der Waals surface area contributed by atoms with Crippen molar-refractivity contribution in [1.29, 1.82) is 0 Å². The second-order valence-corrected chi connectivity index (χ2v) is 4.68. The van der Waals surface area contributed by atoms with Crippen molar-refractivity contribution in [2.24, 2.45) is 0 Å².